The van der Waals surface area contributed by atoms with E-state index in [2.05, 4.69) is 17.6 Å². The van der Waals surface area contributed by atoms with E-state index in [-0.39, 0.29) is 36.2 Å². The molecule has 2 N–H and O–H groups in total. The van der Waals surface area contributed by atoms with E-state index in [1.165, 1.54) is 32.1 Å². The minimum Gasteiger partial charge on any atom is -0.462 e. The lowest BCUT2D eigenvalue weighted by Crippen LogP contribution is -2.55. The maximum absolute atomic E-state index is 13.0. The first-order chi connectivity index (χ1) is 15.0. The molecule has 0 saturated heterocycles. The number of carbonyl (C=O) groups excluding carboxylic acids is 2. The van der Waals surface area contributed by atoms with E-state index in [1.807, 2.05) is 0 Å². The molecular formula is C24H40N2O5. The van der Waals surface area contributed by atoms with Gasteiger partial charge >= 0.3 is 12.0 Å². The molecule has 1 heterocycles. The highest BCUT2D eigenvalue weighted by atomic mass is 16.5. The highest BCUT2D eigenvalue weighted by Crippen LogP contribution is 2.35. The number of urea groups is 1. The predicted octanol–water partition coefficient (Wildman–Crippen LogP) is 4.07. The fraction of sp³-hybridized carbons (Fsp3) is 0.833. The summed E-state index contributed by atoms with van der Waals surface area (Å²) in [6.45, 7) is 5.04. The summed E-state index contributed by atoms with van der Waals surface area (Å²) in [4.78, 5) is 25.2. The second-order valence-corrected chi connectivity index (χ2v) is 9.30. The topological polar surface area (TPSA) is 85.9 Å². The molecule has 3 aliphatic rings. The number of hydrogen-bond acceptors (Lipinski definition) is 5. The first-order valence-electron chi connectivity index (χ1n) is 12.1. The van der Waals surface area contributed by atoms with Crippen molar-refractivity contribution in [2.24, 2.45) is 11.8 Å². The normalized spacial score (nSPS) is 30.0. The third-order valence-corrected chi connectivity index (χ3v) is 7.09. The number of nitrogens with one attached hydrogen (secondary N) is 2. The molecule has 3 rings (SSSR count). The third-order valence-electron chi connectivity index (χ3n) is 7.09. The van der Waals surface area contributed by atoms with Crippen LogP contribution in [0.3, 0.4) is 0 Å². The molecule has 1 aliphatic heterocycles. The number of esters is 1. The van der Waals surface area contributed by atoms with Crippen LogP contribution in [0.4, 0.5) is 4.79 Å². The van der Waals surface area contributed by atoms with Gasteiger partial charge in [-0.15, -0.1) is 0 Å². The maximum atomic E-state index is 13.0. The van der Waals surface area contributed by atoms with E-state index >= 15 is 0 Å². The Hall–Kier alpha value is -1.60. The van der Waals surface area contributed by atoms with Crippen molar-refractivity contribution in [3.63, 3.8) is 0 Å². The van der Waals surface area contributed by atoms with Crippen molar-refractivity contribution >= 4 is 12.0 Å². The number of hydrogen-bond donors (Lipinski definition) is 2. The van der Waals surface area contributed by atoms with Gasteiger partial charge in [-0.3, -0.25) is 0 Å². The smallest absolute Gasteiger partial charge is 0.337 e. The molecule has 0 radical (unpaired) electrons. The number of amides is 2. The molecule has 2 amide bonds. The molecule has 176 valence electrons. The lowest BCUT2D eigenvalue weighted by molar-refractivity contribution is -0.140. The van der Waals surface area contributed by atoms with Crippen LogP contribution in [0.5, 0.6) is 0 Å². The van der Waals surface area contributed by atoms with Crippen LogP contribution >= 0.6 is 0 Å². The molecule has 7 nitrogen and oxygen atoms in total. The highest BCUT2D eigenvalue weighted by Gasteiger charge is 2.41. The zero-order valence-corrected chi connectivity index (χ0v) is 19.4. The Morgan fingerprint density at radius 1 is 1.06 bits per heavy atom. The van der Waals surface area contributed by atoms with Gasteiger partial charge in [-0.2, -0.15) is 0 Å². The van der Waals surface area contributed by atoms with Gasteiger partial charge in [0.2, 0.25) is 0 Å². The van der Waals surface area contributed by atoms with Crippen LogP contribution in [0, 0.1) is 11.8 Å². The summed E-state index contributed by atoms with van der Waals surface area (Å²) >= 11 is 0. The average Bonchev–Trinajstić information content (AvgIpc) is 2.77. The van der Waals surface area contributed by atoms with E-state index in [0.717, 1.165) is 38.7 Å². The Labute approximate surface area is 186 Å². The van der Waals surface area contributed by atoms with Crippen LogP contribution in [-0.4, -0.2) is 50.6 Å². The van der Waals surface area contributed by atoms with Gasteiger partial charge in [0, 0.05) is 19.4 Å². The van der Waals surface area contributed by atoms with Gasteiger partial charge in [0.1, 0.15) is 0 Å². The van der Waals surface area contributed by atoms with Crippen molar-refractivity contribution < 1.29 is 23.8 Å². The van der Waals surface area contributed by atoms with Gasteiger partial charge in [-0.25, -0.2) is 9.59 Å². The average molecular weight is 437 g/mol. The first kappa shape index (κ1) is 24.1. The van der Waals surface area contributed by atoms with Crippen molar-refractivity contribution in [1.82, 2.24) is 10.6 Å². The fourth-order valence-electron chi connectivity index (χ4n) is 5.37. The summed E-state index contributed by atoms with van der Waals surface area (Å²) in [7, 11) is 1.71. The van der Waals surface area contributed by atoms with Crippen molar-refractivity contribution in [1.29, 1.82) is 0 Å². The minimum atomic E-state index is -0.360. The third kappa shape index (κ3) is 6.45. The first-order valence-corrected chi connectivity index (χ1v) is 12.1. The summed E-state index contributed by atoms with van der Waals surface area (Å²) in [6, 6.07) is -0.625. The lowest BCUT2D eigenvalue weighted by Gasteiger charge is -2.40. The molecule has 7 heteroatoms. The Morgan fingerprint density at radius 3 is 2.55 bits per heavy atom. The Balaban J connectivity index is 1.63. The summed E-state index contributed by atoms with van der Waals surface area (Å²) in [5.41, 5.74) is 1.14. The Bertz CT molecular complexity index is 644. The molecule has 0 bridgehead atoms. The van der Waals surface area contributed by atoms with E-state index < -0.39 is 0 Å². The largest absolute Gasteiger partial charge is 0.462 e. The molecule has 4 unspecified atom stereocenters. The summed E-state index contributed by atoms with van der Waals surface area (Å²) in [6.07, 6.45) is 10.7. The van der Waals surface area contributed by atoms with Crippen molar-refractivity contribution in [2.75, 3.05) is 20.3 Å². The van der Waals surface area contributed by atoms with Crippen LogP contribution in [0.25, 0.3) is 0 Å². The van der Waals surface area contributed by atoms with Gasteiger partial charge in [0.25, 0.3) is 0 Å². The maximum Gasteiger partial charge on any atom is 0.337 e. The van der Waals surface area contributed by atoms with E-state index in [4.69, 9.17) is 14.2 Å². The fourth-order valence-corrected chi connectivity index (χ4v) is 5.37. The second-order valence-electron chi connectivity index (χ2n) is 9.30. The van der Waals surface area contributed by atoms with Crippen LogP contribution in [0.15, 0.2) is 11.3 Å². The quantitative estimate of drug-likeness (QED) is 0.532. The number of methoxy groups -OCH3 is 1. The van der Waals surface area contributed by atoms with Crippen LogP contribution in [0.2, 0.25) is 0 Å². The molecular weight excluding hydrogens is 396 g/mol. The number of ether oxygens (including phenoxy) is 3. The van der Waals surface area contributed by atoms with Crippen molar-refractivity contribution in [3.05, 3.63) is 11.3 Å². The minimum absolute atomic E-state index is 0.0408. The van der Waals surface area contributed by atoms with Gasteiger partial charge in [0.05, 0.1) is 30.4 Å². The molecule has 31 heavy (non-hydrogen) atoms. The van der Waals surface area contributed by atoms with E-state index in [0.29, 0.717) is 23.8 Å². The van der Waals surface area contributed by atoms with Gasteiger partial charge in [-0.05, 0) is 50.9 Å². The van der Waals surface area contributed by atoms with Gasteiger partial charge < -0.3 is 24.8 Å². The predicted molar refractivity (Wildman–Crippen MR) is 118 cm³/mol. The highest BCUT2D eigenvalue weighted by molar-refractivity contribution is 5.94. The Morgan fingerprint density at radius 2 is 1.84 bits per heavy atom. The SMILES string of the molecule is CCCOC1CCC(C2NC(=O)NC(C)=C2C(=O)OCCC2CCCCC2)CC1OC. The van der Waals surface area contributed by atoms with Crippen LogP contribution in [-0.2, 0) is 19.0 Å². The molecule has 0 aromatic heterocycles. The molecule has 4 atom stereocenters. The summed E-state index contributed by atoms with van der Waals surface area (Å²) < 4.78 is 17.4. The van der Waals surface area contributed by atoms with Crippen LogP contribution < -0.4 is 10.6 Å². The number of rotatable bonds is 9. The number of allylic oxidation sites excluding steroid dienone is 1. The molecule has 2 aliphatic carbocycles. The molecule has 0 aromatic carbocycles. The van der Waals surface area contributed by atoms with Gasteiger partial charge in [-0.1, -0.05) is 39.0 Å². The monoisotopic (exact) mass is 436 g/mol. The standard InChI is InChI=1S/C24H40N2O5/c1-4-13-30-19-11-10-18(15-20(19)29-3)22-21(16(2)25-24(28)26-22)23(27)31-14-12-17-8-6-5-7-9-17/h17-20,22H,4-15H2,1-3H3,(H2,25,26,28). The lowest BCUT2D eigenvalue weighted by atomic mass is 9.77. The van der Waals surface area contributed by atoms with Crippen LogP contribution in [0.1, 0.15) is 78.1 Å². The van der Waals surface area contributed by atoms with Crippen molar-refractivity contribution in [2.45, 2.75) is 96.3 Å². The zero-order chi connectivity index (χ0) is 22.2. The molecule has 0 spiro atoms. The van der Waals surface area contributed by atoms with E-state index in [9.17, 15) is 9.59 Å². The summed E-state index contributed by atoms with van der Waals surface area (Å²) in [5, 5.41) is 5.74. The summed E-state index contributed by atoms with van der Waals surface area (Å²) in [5.74, 6) is 0.454. The Kier molecular flexibility index (Phi) is 9.20. The molecule has 2 saturated carbocycles. The molecule has 0 aromatic rings. The van der Waals surface area contributed by atoms with Gasteiger partial charge in [0.15, 0.2) is 0 Å². The molecule has 2 fully saturated rings. The zero-order valence-electron chi connectivity index (χ0n) is 19.4. The second kappa shape index (κ2) is 11.9. The van der Waals surface area contributed by atoms with Crippen molar-refractivity contribution in [3.8, 4) is 0 Å². The number of carbonyl (C=O) groups is 2. The van der Waals surface area contributed by atoms with E-state index in [1.54, 1.807) is 14.0 Å².